The maximum Gasteiger partial charge on any atom is 0.173 e. The van der Waals surface area contributed by atoms with Crippen LogP contribution in [0.15, 0.2) is 54.6 Å². The Bertz CT molecular complexity index is 607. The van der Waals surface area contributed by atoms with Crippen LogP contribution in [0.1, 0.15) is 0 Å². The molecular formula is C17H18N2S2. The topological polar surface area (TPSA) is 15.3 Å². The van der Waals surface area contributed by atoms with Gasteiger partial charge in [-0.2, -0.15) is 11.8 Å². The van der Waals surface area contributed by atoms with Gasteiger partial charge in [0.05, 0.1) is 0 Å². The molecule has 0 atom stereocenters. The van der Waals surface area contributed by atoms with E-state index in [1.54, 1.807) is 0 Å². The van der Waals surface area contributed by atoms with Crippen LogP contribution >= 0.6 is 24.0 Å². The Morgan fingerprint density at radius 3 is 2.38 bits per heavy atom. The summed E-state index contributed by atoms with van der Waals surface area (Å²) in [6.45, 7) is 2.06. The molecule has 0 spiro atoms. The Kier molecular flexibility index (Phi) is 4.78. The molecule has 21 heavy (non-hydrogen) atoms. The average molecular weight is 314 g/mol. The van der Waals surface area contributed by atoms with E-state index < -0.39 is 0 Å². The zero-order chi connectivity index (χ0) is 14.5. The molecule has 4 heteroatoms. The summed E-state index contributed by atoms with van der Waals surface area (Å²) >= 11 is 7.56. The lowest BCUT2D eigenvalue weighted by Gasteiger charge is -2.29. The summed E-state index contributed by atoms with van der Waals surface area (Å²) in [5.41, 5.74) is 3.47. The first-order valence-electron chi connectivity index (χ1n) is 7.13. The molecule has 1 N–H and O–H groups in total. The molecule has 3 rings (SSSR count). The Morgan fingerprint density at radius 2 is 1.62 bits per heavy atom. The number of benzene rings is 2. The summed E-state index contributed by atoms with van der Waals surface area (Å²) in [6.07, 6.45) is 0. The van der Waals surface area contributed by atoms with Crippen molar-refractivity contribution in [3.05, 3.63) is 54.6 Å². The van der Waals surface area contributed by atoms with Crippen LogP contribution in [0.3, 0.4) is 0 Å². The van der Waals surface area contributed by atoms with Gasteiger partial charge < -0.3 is 10.2 Å². The number of anilines is 1. The van der Waals surface area contributed by atoms with E-state index in [9.17, 15) is 0 Å². The van der Waals surface area contributed by atoms with E-state index in [1.807, 2.05) is 23.9 Å². The van der Waals surface area contributed by atoms with Crippen molar-refractivity contribution in [2.24, 2.45) is 0 Å². The molecule has 1 saturated heterocycles. The van der Waals surface area contributed by atoms with Crippen molar-refractivity contribution in [2.75, 3.05) is 29.9 Å². The third-order valence-corrected chi connectivity index (χ3v) is 4.85. The number of thioether (sulfide) groups is 1. The fourth-order valence-corrected chi connectivity index (χ4v) is 3.62. The second-order valence-corrected chi connectivity index (χ2v) is 6.55. The van der Waals surface area contributed by atoms with Gasteiger partial charge in [-0.15, -0.1) is 0 Å². The Morgan fingerprint density at radius 1 is 0.952 bits per heavy atom. The number of thiocarbonyl (C=S) groups is 1. The van der Waals surface area contributed by atoms with Gasteiger partial charge in [-0.25, -0.2) is 0 Å². The molecule has 108 valence electrons. The number of rotatable bonds is 2. The first-order valence-corrected chi connectivity index (χ1v) is 8.69. The van der Waals surface area contributed by atoms with E-state index in [0.717, 1.165) is 35.4 Å². The molecule has 1 heterocycles. The monoisotopic (exact) mass is 314 g/mol. The lowest BCUT2D eigenvalue weighted by molar-refractivity contribution is 0.470. The highest BCUT2D eigenvalue weighted by Crippen LogP contribution is 2.27. The van der Waals surface area contributed by atoms with Crippen LogP contribution in [0.5, 0.6) is 0 Å². The van der Waals surface area contributed by atoms with Gasteiger partial charge >= 0.3 is 0 Å². The fourth-order valence-electron chi connectivity index (χ4n) is 2.42. The maximum atomic E-state index is 5.57. The molecule has 1 aliphatic heterocycles. The Balaban J connectivity index is 1.81. The molecule has 0 aromatic heterocycles. The average Bonchev–Trinajstić information content (AvgIpc) is 2.57. The van der Waals surface area contributed by atoms with Crippen LogP contribution in [-0.2, 0) is 0 Å². The molecule has 2 aromatic rings. The quantitative estimate of drug-likeness (QED) is 0.839. The number of nitrogens with one attached hydrogen (secondary N) is 1. The van der Waals surface area contributed by atoms with Crippen molar-refractivity contribution in [2.45, 2.75) is 0 Å². The second-order valence-electron chi connectivity index (χ2n) is 4.94. The van der Waals surface area contributed by atoms with Gasteiger partial charge in [-0.3, -0.25) is 0 Å². The van der Waals surface area contributed by atoms with Crippen LogP contribution < -0.4 is 5.32 Å². The van der Waals surface area contributed by atoms with E-state index in [0.29, 0.717) is 0 Å². The van der Waals surface area contributed by atoms with Crippen molar-refractivity contribution in [3.8, 4) is 11.1 Å². The van der Waals surface area contributed by atoms with Crippen molar-refractivity contribution in [1.29, 1.82) is 0 Å². The predicted octanol–water partition coefficient (Wildman–Crippen LogP) is 4.10. The lowest BCUT2D eigenvalue weighted by atomic mass is 10.0. The molecule has 0 unspecified atom stereocenters. The first-order chi connectivity index (χ1) is 10.3. The van der Waals surface area contributed by atoms with Gasteiger partial charge in [-0.1, -0.05) is 48.5 Å². The molecular weight excluding hydrogens is 296 g/mol. The first kappa shape index (κ1) is 14.4. The summed E-state index contributed by atoms with van der Waals surface area (Å²) in [6, 6.07) is 18.7. The number of nitrogens with zero attached hydrogens (tertiary/aromatic N) is 1. The lowest BCUT2D eigenvalue weighted by Crippen LogP contribution is -2.40. The van der Waals surface area contributed by atoms with Gasteiger partial charge in [0.15, 0.2) is 5.11 Å². The number of hydrogen-bond acceptors (Lipinski definition) is 2. The van der Waals surface area contributed by atoms with Gasteiger partial charge in [0, 0.05) is 35.8 Å². The zero-order valence-electron chi connectivity index (χ0n) is 11.8. The summed E-state index contributed by atoms with van der Waals surface area (Å²) in [4.78, 5) is 2.26. The summed E-state index contributed by atoms with van der Waals surface area (Å²) in [5, 5.41) is 4.26. The van der Waals surface area contributed by atoms with Gasteiger partial charge in [0.1, 0.15) is 0 Å². The molecule has 0 radical (unpaired) electrons. The largest absolute Gasteiger partial charge is 0.347 e. The number of para-hydroxylation sites is 1. The minimum absolute atomic E-state index is 0.832. The van der Waals surface area contributed by atoms with Gasteiger partial charge in [0.25, 0.3) is 0 Å². The van der Waals surface area contributed by atoms with Crippen molar-refractivity contribution in [1.82, 2.24) is 4.90 Å². The van der Waals surface area contributed by atoms with Crippen LogP contribution in [0.4, 0.5) is 5.69 Å². The van der Waals surface area contributed by atoms with Gasteiger partial charge in [-0.05, 0) is 23.8 Å². The minimum Gasteiger partial charge on any atom is -0.347 e. The van der Waals surface area contributed by atoms with Crippen LogP contribution in [0.2, 0.25) is 0 Å². The van der Waals surface area contributed by atoms with Crippen LogP contribution in [-0.4, -0.2) is 34.6 Å². The van der Waals surface area contributed by atoms with E-state index >= 15 is 0 Å². The molecule has 0 aliphatic carbocycles. The van der Waals surface area contributed by atoms with Crippen molar-refractivity contribution in [3.63, 3.8) is 0 Å². The molecule has 1 fully saturated rings. The third-order valence-electron chi connectivity index (χ3n) is 3.55. The maximum absolute atomic E-state index is 5.57. The van der Waals surface area contributed by atoms with Crippen LogP contribution in [0, 0.1) is 0 Å². The number of hydrogen-bond donors (Lipinski definition) is 1. The predicted molar refractivity (Wildman–Crippen MR) is 97.0 cm³/mol. The Labute approximate surface area is 135 Å². The van der Waals surface area contributed by atoms with Crippen LogP contribution in [0.25, 0.3) is 11.1 Å². The summed E-state index contributed by atoms with van der Waals surface area (Å²) in [5.74, 6) is 2.31. The molecule has 0 bridgehead atoms. The molecule has 2 aromatic carbocycles. The van der Waals surface area contributed by atoms with E-state index in [1.165, 1.54) is 11.1 Å². The summed E-state index contributed by atoms with van der Waals surface area (Å²) in [7, 11) is 0. The van der Waals surface area contributed by atoms with E-state index in [4.69, 9.17) is 12.2 Å². The highest BCUT2D eigenvalue weighted by Gasteiger charge is 2.14. The highest BCUT2D eigenvalue weighted by molar-refractivity contribution is 7.99. The van der Waals surface area contributed by atoms with Gasteiger partial charge in [0.2, 0.25) is 0 Å². The second kappa shape index (κ2) is 6.96. The van der Waals surface area contributed by atoms with Crippen molar-refractivity contribution >= 4 is 34.8 Å². The fraction of sp³-hybridized carbons (Fsp3) is 0.235. The zero-order valence-corrected chi connectivity index (χ0v) is 13.4. The molecule has 0 saturated carbocycles. The Hall–Kier alpha value is -1.52. The van der Waals surface area contributed by atoms with E-state index in [2.05, 4.69) is 52.7 Å². The minimum atomic E-state index is 0.832. The highest BCUT2D eigenvalue weighted by atomic mass is 32.2. The molecule has 1 aliphatic rings. The van der Waals surface area contributed by atoms with E-state index in [-0.39, 0.29) is 0 Å². The standard InChI is InChI=1S/C17H18N2S2/c20-17(19-10-12-21-13-11-19)18-16-9-5-4-8-15(16)14-6-2-1-3-7-14/h1-9H,10-13H2,(H,18,20). The smallest absolute Gasteiger partial charge is 0.173 e. The van der Waals surface area contributed by atoms with Crippen molar-refractivity contribution < 1.29 is 0 Å². The molecule has 2 nitrogen and oxygen atoms in total. The SMILES string of the molecule is S=C(Nc1ccccc1-c1ccccc1)N1CCSCC1. The summed E-state index contributed by atoms with van der Waals surface area (Å²) < 4.78 is 0. The third kappa shape index (κ3) is 3.57. The normalized spacial score (nSPS) is 14.8. The molecule has 0 amide bonds.